The van der Waals surface area contributed by atoms with Crippen molar-refractivity contribution in [1.82, 2.24) is 29.7 Å². The van der Waals surface area contributed by atoms with Crippen molar-refractivity contribution < 1.29 is 0 Å². The van der Waals surface area contributed by atoms with Gasteiger partial charge in [-0.15, -0.1) is 0 Å². The third kappa shape index (κ3) is 2.71. The summed E-state index contributed by atoms with van der Waals surface area (Å²) < 4.78 is 1.65. The first-order valence-electron chi connectivity index (χ1n) is 6.01. The fourth-order valence-corrected chi connectivity index (χ4v) is 2.50. The zero-order valence-corrected chi connectivity index (χ0v) is 11.9. The van der Waals surface area contributed by atoms with Crippen LogP contribution in [0.1, 0.15) is 5.82 Å². The Labute approximate surface area is 123 Å². The number of nitrogens with two attached hydrogens (primary N) is 1. The van der Waals surface area contributed by atoms with Gasteiger partial charge in [0.2, 0.25) is 0 Å². The van der Waals surface area contributed by atoms with Gasteiger partial charge in [-0.05, 0) is 0 Å². The molecule has 21 heavy (non-hydrogen) atoms. The number of anilines is 1. The lowest BCUT2D eigenvalue weighted by atomic mass is 10.4. The average molecular weight is 304 g/mol. The van der Waals surface area contributed by atoms with Gasteiger partial charge in [-0.3, -0.25) is 9.48 Å². The molecule has 0 saturated carbocycles. The number of aromatic amines is 1. The molecule has 3 aromatic heterocycles. The standard InChI is InChI=1S/C11H12N8OS/c1-19-10-6(4-14-19)9(18-12)15-7(16-10)5-21-11-13-3-2-8(20)17-11/h2-4H,5,12H2,1H3,(H,13,17,20)(H,15,16,18). The molecular weight excluding hydrogens is 292 g/mol. The van der Waals surface area contributed by atoms with Crippen LogP contribution in [-0.2, 0) is 12.8 Å². The molecule has 0 saturated heterocycles. The number of nitrogens with zero attached hydrogens (tertiary/aromatic N) is 5. The van der Waals surface area contributed by atoms with Crippen molar-refractivity contribution in [3.8, 4) is 0 Å². The molecule has 0 unspecified atom stereocenters. The van der Waals surface area contributed by atoms with Crippen LogP contribution in [0.3, 0.4) is 0 Å². The van der Waals surface area contributed by atoms with E-state index in [-0.39, 0.29) is 5.56 Å². The maximum Gasteiger partial charge on any atom is 0.251 e. The highest BCUT2D eigenvalue weighted by molar-refractivity contribution is 7.98. The van der Waals surface area contributed by atoms with E-state index in [1.165, 1.54) is 24.0 Å². The van der Waals surface area contributed by atoms with E-state index in [0.29, 0.717) is 28.2 Å². The molecule has 0 radical (unpaired) electrons. The van der Waals surface area contributed by atoms with Gasteiger partial charge >= 0.3 is 0 Å². The summed E-state index contributed by atoms with van der Waals surface area (Å²) in [5.41, 5.74) is 3.03. The third-order valence-corrected chi connectivity index (χ3v) is 3.64. The van der Waals surface area contributed by atoms with Crippen LogP contribution in [0.5, 0.6) is 0 Å². The van der Waals surface area contributed by atoms with Crippen LogP contribution in [0.2, 0.25) is 0 Å². The molecule has 0 aliphatic carbocycles. The second kappa shape index (κ2) is 5.50. The monoisotopic (exact) mass is 304 g/mol. The van der Waals surface area contributed by atoms with Gasteiger partial charge in [0.15, 0.2) is 16.6 Å². The summed E-state index contributed by atoms with van der Waals surface area (Å²) in [6.07, 6.45) is 3.11. The number of aryl methyl sites for hydroxylation is 1. The van der Waals surface area contributed by atoms with Crippen molar-refractivity contribution in [1.29, 1.82) is 0 Å². The molecule has 3 aromatic rings. The van der Waals surface area contributed by atoms with E-state index in [9.17, 15) is 4.79 Å². The van der Waals surface area contributed by atoms with Crippen molar-refractivity contribution in [2.45, 2.75) is 10.9 Å². The fraction of sp³-hybridized carbons (Fsp3) is 0.182. The molecule has 3 heterocycles. The largest absolute Gasteiger partial charge is 0.308 e. The minimum absolute atomic E-state index is 0.195. The number of fused-ring (bicyclic) bond motifs is 1. The lowest BCUT2D eigenvalue weighted by molar-refractivity contribution is 0.782. The van der Waals surface area contributed by atoms with E-state index >= 15 is 0 Å². The van der Waals surface area contributed by atoms with Gasteiger partial charge in [0, 0.05) is 19.3 Å². The number of hydrogen-bond acceptors (Lipinski definition) is 8. The predicted octanol–water partition coefficient (Wildman–Crippen LogP) is 0.0245. The van der Waals surface area contributed by atoms with Gasteiger partial charge in [-0.25, -0.2) is 20.8 Å². The number of rotatable bonds is 4. The van der Waals surface area contributed by atoms with E-state index in [1.54, 1.807) is 17.9 Å². The maximum atomic E-state index is 11.2. The summed E-state index contributed by atoms with van der Waals surface area (Å²) in [6.45, 7) is 0. The molecule has 0 amide bonds. The van der Waals surface area contributed by atoms with E-state index in [2.05, 4.69) is 30.5 Å². The van der Waals surface area contributed by atoms with Crippen LogP contribution in [-0.4, -0.2) is 29.7 Å². The molecule has 0 atom stereocenters. The molecule has 3 rings (SSSR count). The van der Waals surface area contributed by atoms with Crippen LogP contribution >= 0.6 is 11.8 Å². The summed E-state index contributed by atoms with van der Waals surface area (Å²) in [6, 6.07) is 1.36. The highest BCUT2D eigenvalue weighted by Gasteiger charge is 2.11. The van der Waals surface area contributed by atoms with Crippen LogP contribution in [0.25, 0.3) is 11.0 Å². The molecule has 108 valence electrons. The molecular formula is C11H12N8OS. The molecule has 0 aromatic carbocycles. The number of thioether (sulfide) groups is 1. The van der Waals surface area contributed by atoms with Gasteiger partial charge in [0.25, 0.3) is 5.56 Å². The van der Waals surface area contributed by atoms with Crippen molar-refractivity contribution in [3.63, 3.8) is 0 Å². The quantitative estimate of drug-likeness (QED) is 0.266. The molecule has 10 heteroatoms. The van der Waals surface area contributed by atoms with Gasteiger partial charge in [-0.2, -0.15) is 5.10 Å². The van der Waals surface area contributed by atoms with Crippen LogP contribution in [0, 0.1) is 0 Å². The average Bonchev–Trinajstić information content (AvgIpc) is 2.86. The predicted molar refractivity (Wildman–Crippen MR) is 78.5 cm³/mol. The number of nitrogens with one attached hydrogen (secondary N) is 2. The first kappa shape index (κ1) is 13.5. The molecule has 9 nitrogen and oxygen atoms in total. The SMILES string of the molecule is Cn1ncc2c(NN)nc(CSc3nccc(=O)[nH]3)nc21. The molecule has 0 spiro atoms. The lowest BCUT2D eigenvalue weighted by Crippen LogP contribution is -2.11. The second-order valence-corrected chi connectivity index (χ2v) is 5.13. The first-order chi connectivity index (χ1) is 10.2. The van der Waals surface area contributed by atoms with Crippen LogP contribution < -0.4 is 16.8 Å². The first-order valence-corrected chi connectivity index (χ1v) is 6.99. The summed E-state index contributed by atoms with van der Waals surface area (Å²) in [7, 11) is 1.79. The van der Waals surface area contributed by atoms with Gasteiger partial charge in [0.1, 0.15) is 5.82 Å². The topological polar surface area (TPSA) is 127 Å². The van der Waals surface area contributed by atoms with Crippen LogP contribution in [0.15, 0.2) is 28.4 Å². The van der Waals surface area contributed by atoms with Gasteiger partial charge in [0.05, 0.1) is 17.3 Å². The van der Waals surface area contributed by atoms with Gasteiger partial charge in [-0.1, -0.05) is 11.8 Å². The number of aromatic nitrogens is 6. The molecule has 0 fully saturated rings. The van der Waals surface area contributed by atoms with E-state index in [1.807, 2.05) is 0 Å². The lowest BCUT2D eigenvalue weighted by Gasteiger charge is -2.05. The summed E-state index contributed by atoms with van der Waals surface area (Å²) in [5.74, 6) is 7.00. The fourth-order valence-electron chi connectivity index (χ4n) is 1.80. The minimum Gasteiger partial charge on any atom is -0.308 e. The van der Waals surface area contributed by atoms with Crippen molar-refractivity contribution in [3.05, 3.63) is 34.6 Å². The highest BCUT2D eigenvalue weighted by atomic mass is 32.2. The van der Waals surface area contributed by atoms with Gasteiger partial charge < -0.3 is 10.4 Å². The Bertz CT molecular complexity index is 842. The van der Waals surface area contributed by atoms with E-state index < -0.39 is 0 Å². The number of H-pyrrole nitrogens is 1. The third-order valence-electron chi connectivity index (χ3n) is 2.76. The number of nitrogen functional groups attached to an aromatic ring is 1. The number of hydrogen-bond donors (Lipinski definition) is 3. The zero-order chi connectivity index (χ0) is 14.8. The smallest absolute Gasteiger partial charge is 0.251 e. The normalized spacial score (nSPS) is 11.0. The molecule has 0 aliphatic heterocycles. The zero-order valence-electron chi connectivity index (χ0n) is 11.1. The molecule has 0 aliphatic rings. The molecule has 0 bridgehead atoms. The number of hydrazine groups is 1. The summed E-state index contributed by atoms with van der Waals surface area (Å²) >= 11 is 1.33. The Hall–Kier alpha value is -2.46. The second-order valence-electron chi connectivity index (χ2n) is 4.17. The Kier molecular flexibility index (Phi) is 3.54. The Morgan fingerprint density at radius 2 is 2.33 bits per heavy atom. The summed E-state index contributed by atoms with van der Waals surface area (Å²) in [4.78, 5) is 26.7. The van der Waals surface area contributed by atoms with E-state index in [4.69, 9.17) is 5.84 Å². The Morgan fingerprint density at radius 1 is 1.48 bits per heavy atom. The summed E-state index contributed by atoms with van der Waals surface area (Å²) in [5, 5.41) is 5.39. The molecule has 4 N–H and O–H groups in total. The highest BCUT2D eigenvalue weighted by Crippen LogP contribution is 2.22. The Morgan fingerprint density at radius 3 is 3.10 bits per heavy atom. The van der Waals surface area contributed by atoms with E-state index in [0.717, 1.165) is 5.39 Å². The van der Waals surface area contributed by atoms with Crippen molar-refractivity contribution in [2.75, 3.05) is 5.43 Å². The van der Waals surface area contributed by atoms with Crippen LogP contribution in [0.4, 0.5) is 5.82 Å². The van der Waals surface area contributed by atoms with Crippen molar-refractivity contribution >= 4 is 28.6 Å². The Balaban J connectivity index is 1.90. The minimum atomic E-state index is -0.195. The van der Waals surface area contributed by atoms with Crippen molar-refractivity contribution in [2.24, 2.45) is 12.9 Å². The maximum absolute atomic E-state index is 11.2.